The lowest BCUT2D eigenvalue weighted by Crippen LogP contribution is -2.16. The van der Waals surface area contributed by atoms with Crippen LogP contribution in [0.4, 0.5) is 0 Å². The molecule has 0 saturated carbocycles. The van der Waals surface area contributed by atoms with E-state index in [1.165, 1.54) is 0 Å². The molecule has 0 aromatic heterocycles. The van der Waals surface area contributed by atoms with Gasteiger partial charge in [-0.2, -0.15) is 0 Å². The minimum atomic E-state index is 0. The third kappa shape index (κ3) is 7.76. The molecule has 0 aromatic rings. The molecule has 0 spiro atoms. The summed E-state index contributed by atoms with van der Waals surface area (Å²) in [6.07, 6.45) is 2.76. The van der Waals surface area contributed by atoms with Crippen molar-refractivity contribution in [2.24, 2.45) is 0 Å². The average Bonchev–Trinajstić information content (AvgIpc) is 1.83. The zero-order valence-corrected chi connectivity index (χ0v) is 6.75. The number of hydrogen-bond acceptors (Lipinski definition) is 1. The van der Waals surface area contributed by atoms with E-state index in [2.05, 4.69) is 12.2 Å². The van der Waals surface area contributed by atoms with Crippen LogP contribution in [-0.2, 0) is 4.79 Å². The Kier molecular flexibility index (Phi) is 9.95. The van der Waals surface area contributed by atoms with Crippen LogP contribution in [0.2, 0.25) is 0 Å². The van der Waals surface area contributed by atoms with Gasteiger partial charge in [-0.05, 0) is 6.42 Å². The SMILES string of the molecule is CCCCC(=O)NC.Cl. The first-order valence-electron chi connectivity index (χ1n) is 3.01. The minimum Gasteiger partial charge on any atom is -0.359 e. The van der Waals surface area contributed by atoms with Gasteiger partial charge in [0.05, 0.1) is 0 Å². The first-order valence-corrected chi connectivity index (χ1v) is 3.01. The first-order chi connectivity index (χ1) is 3.81. The molecule has 0 bridgehead atoms. The zero-order chi connectivity index (χ0) is 6.41. The molecule has 0 heterocycles. The van der Waals surface area contributed by atoms with Crippen LogP contribution in [0.5, 0.6) is 0 Å². The molecule has 0 unspecified atom stereocenters. The van der Waals surface area contributed by atoms with Crippen molar-refractivity contribution in [2.75, 3.05) is 7.05 Å². The summed E-state index contributed by atoms with van der Waals surface area (Å²) < 4.78 is 0. The lowest BCUT2D eigenvalue weighted by atomic mass is 10.2. The molecule has 56 valence electrons. The second-order valence-corrected chi connectivity index (χ2v) is 1.78. The van der Waals surface area contributed by atoms with Crippen LogP contribution < -0.4 is 5.32 Å². The molecule has 0 aromatic carbocycles. The number of amides is 1. The Bertz CT molecular complexity index is 75.5. The lowest BCUT2D eigenvalue weighted by molar-refractivity contribution is -0.120. The summed E-state index contributed by atoms with van der Waals surface area (Å²) in [7, 11) is 1.66. The molecule has 1 N–H and O–H groups in total. The van der Waals surface area contributed by atoms with E-state index in [-0.39, 0.29) is 18.3 Å². The Morgan fingerprint density at radius 3 is 2.44 bits per heavy atom. The van der Waals surface area contributed by atoms with Gasteiger partial charge in [-0.1, -0.05) is 13.3 Å². The number of hydrogen-bond donors (Lipinski definition) is 1. The normalized spacial score (nSPS) is 7.78. The van der Waals surface area contributed by atoms with Crippen molar-refractivity contribution in [3.63, 3.8) is 0 Å². The maximum absolute atomic E-state index is 10.5. The van der Waals surface area contributed by atoms with Crippen molar-refractivity contribution < 1.29 is 4.79 Å². The highest BCUT2D eigenvalue weighted by molar-refractivity contribution is 5.85. The fourth-order valence-electron chi connectivity index (χ4n) is 0.462. The van der Waals surface area contributed by atoms with Gasteiger partial charge in [0, 0.05) is 13.5 Å². The lowest BCUT2D eigenvalue weighted by Gasteiger charge is -1.94. The van der Waals surface area contributed by atoms with E-state index in [0.29, 0.717) is 6.42 Å². The molecule has 3 heteroatoms. The summed E-state index contributed by atoms with van der Waals surface area (Å²) in [5.74, 6) is 0.145. The molecule has 0 saturated heterocycles. The standard InChI is InChI=1S/C6H13NO.ClH/c1-3-4-5-6(8)7-2;/h3-5H2,1-2H3,(H,7,8);1H. The summed E-state index contributed by atoms with van der Waals surface area (Å²) >= 11 is 0. The van der Waals surface area contributed by atoms with Crippen molar-refractivity contribution >= 4 is 18.3 Å². The molecule has 0 aliphatic carbocycles. The molecule has 0 aliphatic heterocycles. The molecule has 0 radical (unpaired) electrons. The fourth-order valence-corrected chi connectivity index (χ4v) is 0.462. The highest BCUT2D eigenvalue weighted by Crippen LogP contribution is 1.91. The third-order valence-electron chi connectivity index (χ3n) is 1.04. The minimum absolute atomic E-state index is 0. The van der Waals surface area contributed by atoms with E-state index in [1.807, 2.05) is 0 Å². The predicted molar refractivity (Wildman–Crippen MR) is 40.8 cm³/mol. The first kappa shape index (κ1) is 11.5. The Labute approximate surface area is 62.4 Å². The molecule has 1 amide bonds. The van der Waals surface area contributed by atoms with Crippen molar-refractivity contribution in [3.05, 3.63) is 0 Å². The molecule has 0 fully saturated rings. The van der Waals surface area contributed by atoms with E-state index < -0.39 is 0 Å². The third-order valence-corrected chi connectivity index (χ3v) is 1.04. The number of nitrogens with one attached hydrogen (secondary N) is 1. The Hall–Kier alpha value is -0.240. The maximum Gasteiger partial charge on any atom is 0.219 e. The van der Waals surface area contributed by atoms with Crippen molar-refractivity contribution in [3.8, 4) is 0 Å². The number of halogens is 1. The number of unbranched alkanes of at least 4 members (excludes halogenated alkanes) is 1. The average molecular weight is 152 g/mol. The summed E-state index contributed by atoms with van der Waals surface area (Å²) in [5.41, 5.74) is 0. The monoisotopic (exact) mass is 151 g/mol. The van der Waals surface area contributed by atoms with Gasteiger partial charge in [0.25, 0.3) is 0 Å². The van der Waals surface area contributed by atoms with Gasteiger partial charge >= 0.3 is 0 Å². The summed E-state index contributed by atoms with van der Waals surface area (Å²) in [6, 6.07) is 0. The van der Waals surface area contributed by atoms with Crippen molar-refractivity contribution in [1.29, 1.82) is 0 Å². The summed E-state index contributed by atoms with van der Waals surface area (Å²) in [6.45, 7) is 2.07. The molecular weight excluding hydrogens is 138 g/mol. The largest absolute Gasteiger partial charge is 0.359 e. The molecule has 0 rings (SSSR count). The maximum atomic E-state index is 10.5. The van der Waals surface area contributed by atoms with E-state index in [1.54, 1.807) is 7.05 Å². The van der Waals surface area contributed by atoms with Crippen molar-refractivity contribution in [2.45, 2.75) is 26.2 Å². The number of carbonyl (C=O) groups is 1. The van der Waals surface area contributed by atoms with Crippen LogP contribution in [0.25, 0.3) is 0 Å². The Balaban J connectivity index is 0. The van der Waals surface area contributed by atoms with Crippen LogP contribution in [0.3, 0.4) is 0 Å². The molecule has 2 nitrogen and oxygen atoms in total. The molecule has 0 atom stereocenters. The van der Waals surface area contributed by atoms with E-state index in [0.717, 1.165) is 12.8 Å². The van der Waals surface area contributed by atoms with Gasteiger partial charge in [0.1, 0.15) is 0 Å². The summed E-state index contributed by atoms with van der Waals surface area (Å²) in [4.78, 5) is 10.5. The predicted octanol–water partition coefficient (Wildman–Crippen LogP) is 1.34. The molecular formula is C6H14ClNO. The second-order valence-electron chi connectivity index (χ2n) is 1.78. The van der Waals surface area contributed by atoms with Crippen molar-refractivity contribution in [1.82, 2.24) is 5.32 Å². The summed E-state index contributed by atoms with van der Waals surface area (Å²) in [5, 5.41) is 2.56. The van der Waals surface area contributed by atoms with Gasteiger partial charge in [0.15, 0.2) is 0 Å². The van der Waals surface area contributed by atoms with Gasteiger partial charge in [-0.15, -0.1) is 12.4 Å². The highest BCUT2D eigenvalue weighted by Gasteiger charge is 1.92. The Morgan fingerprint density at radius 1 is 1.56 bits per heavy atom. The van der Waals surface area contributed by atoms with Crippen LogP contribution in [0.15, 0.2) is 0 Å². The van der Waals surface area contributed by atoms with Crippen LogP contribution in [0.1, 0.15) is 26.2 Å². The van der Waals surface area contributed by atoms with Gasteiger partial charge in [-0.25, -0.2) is 0 Å². The van der Waals surface area contributed by atoms with Gasteiger partial charge in [-0.3, -0.25) is 4.79 Å². The van der Waals surface area contributed by atoms with Crippen LogP contribution >= 0.6 is 12.4 Å². The van der Waals surface area contributed by atoms with E-state index >= 15 is 0 Å². The van der Waals surface area contributed by atoms with E-state index in [4.69, 9.17) is 0 Å². The fraction of sp³-hybridized carbons (Fsp3) is 0.833. The topological polar surface area (TPSA) is 29.1 Å². The van der Waals surface area contributed by atoms with Crippen LogP contribution in [0, 0.1) is 0 Å². The van der Waals surface area contributed by atoms with Gasteiger partial charge < -0.3 is 5.32 Å². The zero-order valence-electron chi connectivity index (χ0n) is 5.94. The van der Waals surface area contributed by atoms with Crippen LogP contribution in [-0.4, -0.2) is 13.0 Å². The highest BCUT2D eigenvalue weighted by atomic mass is 35.5. The second kappa shape index (κ2) is 7.76. The Morgan fingerprint density at radius 2 is 2.11 bits per heavy atom. The molecule has 9 heavy (non-hydrogen) atoms. The van der Waals surface area contributed by atoms with E-state index in [9.17, 15) is 4.79 Å². The number of rotatable bonds is 3. The van der Waals surface area contributed by atoms with Gasteiger partial charge in [0.2, 0.25) is 5.91 Å². The quantitative estimate of drug-likeness (QED) is 0.648. The number of carbonyl (C=O) groups excluding carboxylic acids is 1. The molecule has 0 aliphatic rings. The smallest absolute Gasteiger partial charge is 0.219 e.